The molecular formula is C18H18N6O2S. The second-order valence-corrected chi connectivity index (χ2v) is 6.79. The standard InChI is InChI=1S/C18H18N6O2S/c1-2-15(17(26)20-14-11-7-6-10-13(14)16(19)25)27-18-21-22-23-24(18)12-8-4-3-5-9-12/h3-11,15H,2H2,1H3,(H2,19,25)(H,20,26). The lowest BCUT2D eigenvalue weighted by Gasteiger charge is -2.15. The van der Waals surface area contributed by atoms with Crippen LogP contribution in [0.4, 0.5) is 5.69 Å². The number of thioether (sulfide) groups is 1. The molecule has 1 heterocycles. The van der Waals surface area contributed by atoms with E-state index in [4.69, 9.17) is 5.73 Å². The molecular weight excluding hydrogens is 364 g/mol. The summed E-state index contributed by atoms with van der Waals surface area (Å²) in [6, 6.07) is 16.1. The van der Waals surface area contributed by atoms with E-state index < -0.39 is 11.2 Å². The zero-order chi connectivity index (χ0) is 19.2. The van der Waals surface area contributed by atoms with Crippen molar-refractivity contribution >= 4 is 29.3 Å². The number of anilines is 1. The minimum atomic E-state index is -0.598. The van der Waals surface area contributed by atoms with Gasteiger partial charge >= 0.3 is 0 Å². The summed E-state index contributed by atoms with van der Waals surface area (Å²) in [4.78, 5) is 24.3. The van der Waals surface area contributed by atoms with Gasteiger partial charge in [-0.05, 0) is 41.1 Å². The predicted octanol–water partition coefficient (Wildman–Crippen LogP) is 2.27. The van der Waals surface area contributed by atoms with Gasteiger partial charge in [-0.15, -0.1) is 5.10 Å². The second kappa shape index (κ2) is 8.45. The van der Waals surface area contributed by atoms with Crippen LogP contribution in [0.2, 0.25) is 0 Å². The first-order chi connectivity index (χ1) is 13.1. The van der Waals surface area contributed by atoms with E-state index in [1.807, 2.05) is 37.3 Å². The summed E-state index contributed by atoms with van der Waals surface area (Å²) in [7, 11) is 0. The van der Waals surface area contributed by atoms with Crippen molar-refractivity contribution < 1.29 is 9.59 Å². The fourth-order valence-corrected chi connectivity index (χ4v) is 3.37. The number of nitrogens with zero attached hydrogens (tertiary/aromatic N) is 4. The third-order valence-electron chi connectivity index (χ3n) is 3.80. The van der Waals surface area contributed by atoms with Gasteiger partial charge in [0.15, 0.2) is 0 Å². The molecule has 0 aliphatic heterocycles. The van der Waals surface area contributed by atoms with Crippen molar-refractivity contribution in [3.8, 4) is 5.69 Å². The van der Waals surface area contributed by atoms with E-state index in [2.05, 4.69) is 20.8 Å². The lowest BCUT2D eigenvalue weighted by Crippen LogP contribution is -2.26. The highest BCUT2D eigenvalue weighted by Gasteiger charge is 2.23. The number of tetrazole rings is 1. The number of hydrogen-bond donors (Lipinski definition) is 2. The average molecular weight is 382 g/mol. The van der Waals surface area contributed by atoms with Crippen LogP contribution in [-0.2, 0) is 4.79 Å². The lowest BCUT2D eigenvalue weighted by molar-refractivity contribution is -0.115. The van der Waals surface area contributed by atoms with Gasteiger partial charge in [0.25, 0.3) is 5.91 Å². The lowest BCUT2D eigenvalue weighted by atomic mass is 10.1. The van der Waals surface area contributed by atoms with Crippen LogP contribution in [0.1, 0.15) is 23.7 Å². The molecule has 0 spiro atoms. The number of para-hydroxylation sites is 2. The highest BCUT2D eigenvalue weighted by Crippen LogP contribution is 2.26. The van der Waals surface area contributed by atoms with E-state index in [0.717, 1.165) is 5.69 Å². The van der Waals surface area contributed by atoms with E-state index in [-0.39, 0.29) is 11.5 Å². The maximum absolute atomic E-state index is 12.7. The minimum Gasteiger partial charge on any atom is -0.366 e. The molecule has 8 nitrogen and oxygen atoms in total. The Balaban J connectivity index is 1.78. The van der Waals surface area contributed by atoms with Gasteiger partial charge in [-0.1, -0.05) is 49.0 Å². The molecule has 3 rings (SSSR count). The molecule has 1 atom stereocenters. The number of nitrogens with two attached hydrogens (primary N) is 1. The predicted molar refractivity (Wildman–Crippen MR) is 103 cm³/mol. The van der Waals surface area contributed by atoms with Crippen molar-refractivity contribution in [2.24, 2.45) is 5.73 Å². The Morgan fingerprint density at radius 1 is 1.15 bits per heavy atom. The zero-order valence-corrected chi connectivity index (χ0v) is 15.4. The molecule has 0 bridgehead atoms. The molecule has 138 valence electrons. The first kappa shape index (κ1) is 18.6. The number of aromatic nitrogens is 4. The molecule has 3 aromatic rings. The van der Waals surface area contributed by atoms with Crippen LogP contribution in [0.3, 0.4) is 0 Å². The van der Waals surface area contributed by atoms with Crippen LogP contribution in [0.15, 0.2) is 59.8 Å². The van der Waals surface area contributed by atoms with Crippen molar-refractivity contribution in [3.63, 3.8) is 0 Å². The smallest absolute Gasteiger partial charge is 0.250 e. The number of amides is 2. The minimum absolute atomic E-state index is 0.251. The van der Waals surface area contributed by atoms with E-state index in [0.29, 0.717) is 17.3 Å². The number of hydrogen-bond acceptors (Lipinski definition) is 6. The van der Waals surface area contributed by atoms with Gasteiger partial charge in [-0.3, -0.25) is 9.59 Å². The normalized spacial score (nSPS) is 11.7. The van der Waals surface area contributed by atoms with Gasteiger partial charge in [0.1, 0.15) is 0 Å². The van der Waals surface area contributed by atoms with Crippen molar-refractivity contribution in [1.29, 1.82) is 0 Å². The van der Waals surface area contributed by atoms with E-state index >= 15 is 0 Å². The maximum atomic E-state index is 12.7. The van der Waals surface area contributed by atoms with Crippen LogP contribution in [0.5, 0.6) is 0 Å². The molecule has 3 N–H and O–H groups in total. The number of primary amides is 1. The fraction of sp³-hybridized carbons (Fsp3) is 0.167. The number of benzene rings is 2. The molecule has 2 amide bonds. The van der Waals surface area contributed by atoms with Crippen LogP contribution >= 0.6 is 11.8 Å². The van der Waals surface area contributed by atoms with E-state index in [1.54, 1.807) is 28.9 Å². The van der Waals surface area contributed by atoms with E-state index in [9.17, 15) is 9.59 Å². The molecule has 1 unspecified atom stereocenters. The summed E-state index contributed by atoms with van der Waals surface area (Å²) in [6.07, 6.45) is 0.552. The molecule has 2 aromatic carbocycles. The molecule has 0 radical (unpaired) electrons. The Morgan fingerprint density at radius 3 is 2.56 bits per heavy atom. The summed E-state index contributed by atoms with van der Waals surface area (Å²) in [5.74, 6) is -0.849. The molecule has 0 fully saturated rings. The third kappa shape index (κ3) is 4.32. The molecule has 1 aromatic heterocycles. The van der Waals surface area contributed by atoms with Crippen molar-refractivity contribution in [3.05, 3.63) is 60.2 Å². The highest BCUT2D eigenvalue weighted by molar-refractivity contribution is 8.00. The topological polar surface area (TPSA) is 116 Å². The monoisotopic (exact) mass is 382 g/mol. The van der Waals surface area contributed by atoms with Gasteiger partial charge in [-0.25, -0.2) is 0 Å². The van der Waals surface area contributed by atoms with Crippen molar-refractivity contribution in [2.45, 2.75) is 23.8 Å². The van der Waals surface area contributed by atoms with Crippen LogP contribution in [-0.4, -0.2) is 37.3 Å². The summed E-state index contributed by atoms with van der Waals surface area (Å²) < 4.78 is 1.58. The number of rotatable bonds is 7. The molecule has 0 saturated carbocycles. The van der Waals surface area contributed by atoms with E-state index in [1.165, 1.54) is 11.8 Å². The Bertz CT molecular complexity index is 944. The summed E-state index contributed by atoms with van der Waals surface area (Å²) in [5.41, 5.74) is 6.82. The third-order valence-corrected chi connectivity index (χ3v) is 5.10. The molecule has 27 heavy (non-hydrogen) atoms. The molecule has 9 heteroatoms. The molecule has 0 aliphatic carbocycles. The second-order valence-electron chi connectivity index (χ2n) is 5.62. The maximum Gasteiger partial charge on any atom is 0.250 e. The number of nitrogens with one attached hydrogen (secondary N) is 1. The highest BCUT2D eigenvalue weighted by atomic mass is 32.2. The first-order valence-corrected chi connectivity index (χ1v) is 9.18. The summed E-state index contributed by atoms with van der Waals surface area (Å²) in [6.45, 7) is 1.90. The van der Waals surface area contributed by atoms with Gasteiger partial charge in [0.2, 0.25) is 11.1 Å². The van der Waals surface area contributed by atoms with Crippen LogP contribution < -0.4 is 11.1 Å². The number of carbonyl (C=O) groups is 2. The Kier molecular flexibility index (Phi) is 5.82. The zero-order valence-electron chi connectivity index (χ0n) is 14.6. The SMILES string of the molecule is CCC(Sc1nnnn1-c1ccccc1)C(=O)Nc1ccccc1C(N)=O. The largest absolute Gasteiger partial charge is 0.366 e. The van der Waals surface area contributed by atoms with Gasteiger partial charge in [0, 0.05) is 0 Å². The van der Waals surface area contributed by atoms with Gasteiger partial charge in [-0.2, -0.15) is 4.68 Å². The summed E-state index contributed by atoms with van der Waals surface area (Å²) >= 11 is 1.26. The summed E-state index contributed by atoms with van der Waals surface area (Å²) in [5, 5.41) is 14.6. The Hall–Kier alpha value is -3.20. The fourth-order valence-electron chi connectivity index (χ4n) is 2.45. The van der Waals surface area contributed by atoms with Gasteiger partial charge < -0.3 is 11.1 Å². The van der Waals surface area contributed by atoms with Crippen molar-refractivity contribution in [2.75, 3.05) is 5.32 Å². The Labute approximate surface area is 160 Å². The average Bonchev–Trinajstić information content (AvgIpc) is 3.15. The van der Waals surface area contributed by atoms with Crippen LogP contribution in [0, 0.1) is 0 Å². The molecule has 0 aliphatic rings. The van der Waals surface area contributed by atoms with Crippen molar-refractivity contribution in [1.82, 2.24) is 20.2 Å². The molecule has 0 saturated heterocycles. The Morgan fingerprint density at radius 2 is 1.85 bits per heavy atom. The quantitative estimate of drug-likeness (QED) is 0.606. The van der Waals surface area contributed by atoms with Crippen LogP contribution in [0.25, 0.3) is 5.69 Å². The number of carbonyl (C=O) groups excluding carboxylic acids is 2. The first-order valence-electron chi connectivity index (χ1n) is 8.30. The van der Waals surface area contributed by atoms with Gasteiger partial charge in [0.05, 0.1) is 22.2 Å².